The molecule has 0 N–H and O–H groups in total. The number of sulfonamides is 1. The first-order chi connectivity index (χ1) is 13.2. The monoisotopic (exact) mass is 405 g/mol. The van der Waals surface area contributed by atoms with Crippen LogP contribution < -0.4 is 16.1 Å². The summed E-state index contributed by atoms with van der Waals surface area (Å²) >= 11 is 0. The molecule has 0 aliphatic carbocycles. The van der Waals surface area contributed by atoms with E-state index in [0.29, 0.717) is 16.8 Å². The van der Waals surface area contributed by atoms with Gasteiger partial charge >= 0.3 is 5.76 Å². The summed E-state index contributed by atoms with van der Waals surface area (Å²) in [4.78, 5) is 23.5. The minimum absolute atomic E-state index is 0.0827. The van der Waals surface area contributed by atoms with Crippen LogP contribution in [0.4, 0.5) is 0 Å². The number of benzene rings is 1. The summed E-state index contributed by atoms with van der Waals surface area (Å²) in [5.41, 5.74) is 1.32. The fourth-order valence-electron chi connectivity index (χ4n) is 3.08. The molecular formula is C18H19N3O6S. The second-order valence-electron chi connectivity index (χ2n) is 6.85. The van der Waals surface area contributed by atoms with Gasteiger partial charge in [-0.15, -0.1) is 0 Å². The van der Waals surface area contributed by atoms with Crippen molar-refractivity contribution in [2.24, 2.45) is 14.1 Å². The lowest BCUT2D eigenvalue weighted by Gasteiger charge is -2.37. The van der Waals surface area contributed by atoms with Crippen LogP contribution in [-0.2, 0) is 24.1 Å². The number of fused-ring (bicyclic) bond motifs is 1. The number of aryl methyl sites for hydroxylation is 2. The number of oxazole rings is 1. The van der Waals surface area contributed by atoms with Gasteiger partial charge in [0, 0.05) is 25.9 Å². The number of aromatic nitrogens is 2. The van der Waals surface area contributed by atoms with E-state index in [1.807, 2.05) is 0 Å². The summed E-state index contributed by atoms with van der Waals surface area (Å²) < 4.78 is 40.5. The molecule has 1 saturated heterocycles. The predicted octanol–water partition coefficient (Wildman–Crippen LogP) is 0.591. The molecule has 1 aromatic carbocycles. The van der Waals surface area contributed by atoms with Gasteiger partial charge < -0.3 is 13.7 Å². The van der Waals surface area contributed by atoms with E-state index in [2.05, 4.69) is 0 Å². The summed E-state index contributed by atoms with van der Waals surface area (Å²) in [6.07, 6.45) is -0.330. The lowest BCUT2D eigenvalue weighted by Crippen LogP contribution is -2.56. The maximum atomic E-state index is 12.8. The number of rotatable bonds is 4. The van der Waals surface area contributed by atoms with E-state index in [1.54, 1.807) is 20.0 Å². The van der Waals surface area contributed by atoms with Crippen molar-refractivity contribution in [2.75, 3.05) is 13.1 Å². The van der Waals surface area contributed by atoms with Gasteiger partial charge in [-0.05, 0) is 31.2 Å². The fraction of sp³-hybridized carbons (Fsp3) is 0.333. The molecule has 1 fully saturated rings. The van der Waals surface area contributed by atoms with Gasteiger partial charge in [-0.1, -0.05) is 0 Å². The fourth-order valence-corrected chi connectivity index (χ4v) is 4.61. The van der Waals surface area contributed by atoms with Crippen LogP contribution in [-0.4, -0.2) is 41.1 Å². The Balaban J connectivity index is 1.51. The number of ether oxygens (including phenoxy) is 1. The average molecular weight is 405 g/mol. The quantitative estimate of drug-likeness (QED) is 0.629. The normalized spacial score (nSPS) is 15.7. The number of nitrogens with zero attached hydrogens (tertiary/aromatic N) is 3. The van der Waals surface area contributed by atoms with E-state index in [-0.39, 0.29) is 29.6 Å². The summed E-state index contributed by atoms with van der Waals surface area (Å²) in [5, 5.41) is 0. The van der Waals surface area contributed by atoms with Gasteiger partial charge in [0.15, 0.2) is 5.58 Å². The van der Waals surface area contributed by atoms with Crippen LogP contribution in [0.25, 0.3) is 11.1 Å². The van der Waals surface area contributed by atoms with Crippen molar-refractivity contribution in [3.8, 4) is 5.75 Å². The molecule has 1 aliphatic heterocycles. The van der Waals surface area contributed by atoms with Crippen LogP contribution in [0.3, 0.4) is 0 Å². The third kappa shape index (κ3) is 2.94. The largest absolute Gasteiger partial charge is 0.487 e. The Bertz CT molecular complexity index is 1300. The minimum atomic E-state index is -3.72. The van der Waals surface area contributed by atoms with Crippen molar-refractivity contribution in [1.29, 1.82) is 0 Å². The topological polar surface area (TPSA) is 104 Å². The Morgan fingerprint density at radius 3 is 2.46 bits per heavy atom. The maximum absolute atomic E-state index is 12.8. The SMILES string of the molecule is Cc1cc(OC2CN(S(=O)(=O)c3ccc4oc(=O)n(C)c4c3)C2)cc(=O)n1C. The molecule has 10 heteroatoms. The third-order valence-electron chi connectivity index (χ3n) is 4.99. The van der Waals surface area contributed by atoms with Gasteiger partial charge in [-0.25, -0.2) is 13.2 Å². The molecule has 28 heavy (non-hydrogen) atoms. The molecular weight excluding hydrogens is 386 g/mol. The zero-order valence-electron chi connectivity index (χ0n) is 15.6. The summed E-state index contributed by atoms with van der Waals surface area (Å²) in [5.74, 6) is -0.122. The number of hydrogen-bond acceptors (Lipinski definition) is 6. The molecule has 4 rings (SSSR count). The standard InChI is InChI=1S/C18H19N3O6S/c1-11-6-12(7-17(22)19(11)2)26-13-9-21(10-13)28(24,25)14-4-5-16-15(8-14)20(3)18(23)27-16/h4-8,13H,9-10H2,1-3H3. The molecule has 0 radical (unpaired) electrons. The molecule has 0 saturated carbocycles. The molecule has 3 aromatic rings. The van der Waals surface area contributed by atoms with Gasteiger partial charge in [0.25, 0.3) is 5.56 Å². The molecule has 3 heterocycles. The molecule has 2 aromatic heterocycles. The first-order valence-electron chi connectivity index (χ1n) is 8.61. The van der Waals surface area contributed by atoms with Gasteiger partial charge in [0.2, 0.25) is 10.0 Å². The van der Waals surface area contributed by atoms with Crippen LogP contribution >= 0.6 is 0 Å². The van der Waals surface area contributed by atoms with E-state index < -0.39 is 15.8 Å². The first-order valence-corrected chi connectivity index (χ1v) is 10.0. The van der Waals surface area contributed by atoms with Gasteiger partial charge in [-0.3, -0.25) is 9.36 Å². The summed E-state index contributed by atoms with van der Waals surface area (Å²) in [6.45, 7) is 2.16. The average Bonchev–Trinajstić information content (AvgIpc) is 2.89. The number of pyridine rings is 1. The Morgan fingerprint density at radius 2 is 1.79 bits per heavy atom. The van der Waals surface area contributed by atoms with Crippen molar-refractivity contribution >= 4 is 21.1 Å². The van der Waals surface area contributed by atoms with Gasteiger partial charge in [-0.2, -0.15) is 4.31 Å². The highest BCUT2D eigenvalue weighted by Crippen LogP contribution is 2.26. The first kappa shape index (κ1) is 18.5. The Kier molecular flexibility index (Phi) is 4.20. The highest BCUT2D eigenvalue weighted by Gasteiger charge is 2.38. The Hall–Kier alpha value is -2.85. The second kappa shape index (κ2) is 6.35. The zero-order valence-corrected chi connectivity index (χ0v) is 16.4. The van der Waals surface area contributed by atoms with Crippen LogP contribution in [0.2, 0.25) is 0 Å². The summed E-state index contributed by atoms with van der Waals surface area (Å²) in [7, 11) is -0.529. The molecule has 0 bridgehead atoms. The van der Waals surface area contributed by atoms with Crippen LogP contribution in [0.15, 0.2) is 49.2 Å². The smallest absolute Gasteiger partial charge is 0.419 e. The van der Waals surface area contributed by atoms with Crippen molar-refractivity contribution in [3.63, 3.8) is 0 Å². The van der Waals surface area contributed by atoms with Crippen molar-refractivity contribution < 1.29 is 17.6 Å². The lowest BCUT2D eigenvalue weighted by atomic mass is 10.2. The van der Waals surface area contributed by atoms with E-state index >= 15 is 0 Å². The van der Waals surface area contributed by atoms with E-state index in [9.17, 15) is 18.0 Å². The second-order valence-corrected chi connectivity index (χ2v) is 8.79. The predicted molar refractivity (Wildman–Crippen MR) is 101 cm³/mol. The van der Waals surface area contributed by atoms with Crippen molar-refractivity contribution in [1.82, 2.24) is 13.4 Å². The Labute approximate surface area is 160 Å². The van der Waals surface area contributed by atoms with Crippen LogP contribution in [0.1, 0.15) is 5.69 Å². The van der Waals surface area contributed by atoms with Crippen LogP contribution in [0.5, 0.6) is 5.75 Å². The van der Waals surface area contributed by atoms with E-state index in [1.165, 1.54) is 44.8 Å². The number of hydrogen-bond donors (Lipinski definition) is 0. The minimum Gasteiger partial charge on any atom is -0.487 e. The van der Waals surface area contributed by atoms with E-state index in [4.69, 9.17) is 9.15 Å². The highest BCUT2D eigenvalue weighted by atomic mass is 32.2. The molecule has 0 atom stereocenters. The molecule has 1 aliphatic rings. The zero-order chi connectivity index (χ0) is 20.2. The van der Waals surface area contributed by atoms with E-state index in [0.717, 1.165) is 5.69 Å². The molecule has 148 valence electrons. The van der Waals surface area contributed by atoms with Gasteiger partial charge in [0.1, 0.15) is 11.9 Å². The lowest BCUT2D eigenvalue weighted by molar-refractivity contribution is 0.0759. The molecule has 9 nitrogen and oxygen atoms in total. The molecule has 0 amide bonds. The Morgan fingerprint density at radius 1 is 1.07 bits per heavy atom. The summed E-state index contributed by atoms with van der Waals surface area (Å²) in [6, 6.07) is 7.44. The maximum Gasteiger partial charge on any atom is 0.419 e. The third-order valence-corrected chi connectivity index (χ3v) is 6.82. The molecule has 0 spiro atoms. The van der Waals surface area contributed by atoms with Crippen molar-refractivity contribution in [3.05, 3.63) is 56.9 Å². The van der Waals surface area contributed by atoms with Crippen LogP contribution in [0, 0.1) is 6.92 Å². The van der Waals surface area contributed by atoms with Crippen molar-refractivity contribution in [2.45, 2.75) is 17.9 Å². The van der Waals surface area contributed by atoms with Gasteiger partial charge in [0.05, 0.1) is 23.5 Å². The molecule has 0 unspecified atom stereocenters. The highest BCUT2D eigenvalue weighted by molar-refractivity contribution is 7.89.